The Bertz CT molecular complexity index is 2470. The molecule has 2 N–H and O–H groups in total. The number of ether oxygens (including phenoxy) is 2. The highest BCUT2D eigenvalue weighted by Crippen LogP contribution is 2.30. The molecule has 256 valence electrons. The molecule has 0 spiro atoms. The topological polar surface area (TPSA) is 140 Å². The number of aromatic amines is 1. The number of carbonyl (C=O) groups excluding carboxylic acids is 1. The highest BCUT2D eigenvalue weighted by Gasteiger charge is 2.40. The number of hydrogen-bond acceptors (Lipinski definition) is 9. The maximum absolute atomic E-state index is 13.6. The molecule has 11 nitrogen and oxygen atoms in total. The Hall–Kier alpha value is -5.81. The summed E-state index contributed by atoms with van der Waals surface area (Å²) in [5.74, 6) is 6.31. The molecule has 13 heteroatoms. The lowest BCUT2D eigenvalue weighted by Gasteiger charge is -2.22. The molecule has 0 amide bonds. The molecule has 4 heterocycles. The molecule has 1 atom stereocenters. The van der Waals surface area contributed by atoms with Crippen molar-refractivity contribution < 1.29 is 27.8 Å². The van der Waals surface area contributed by atoms with Crippen LogP contribution in [0.5, 0.6) is 11.6 Å². The number of esters is 1. The Balaban J connectivity index is 1.04. The smallest absolute Gasteiger partial charge is 0.324 e. The number of H-pyrrole nitrogens is 1. The zero-order valence-corrected chi connectivity index (χ0v) is 28.9. The van der Waals surface area contributed by atoms with Gasteiger partial charge in [-0.15, -0.1) is 0 Å². The number of hydrogen-bond donors (Lipinski definition) is 2. The number of rotatable bonds is 8. The summed E-state index contributed by atoms with van der Waals surface area (Å²) < 4.78 is 40.9. The molecule has 3 aromatic heterocycles. The summed E-state index contributed by atoms with van der Waals surface area (Å²) in [5, 5.41) is 11.2. The molecule has 1 saturated heterocycles. The molecule has 1 aliphatic heterocycles. The van der Waals surface area contributed by atoms with Crippen LogP contribution in [0.15, 0.2) is 108 Å². The van der Waals surface area contributed by atoms with Gasteiger partial charge in [0, 0.05) is 41.0 Å². The van der Waals surface area contributed by atoms with Crippen LogP contribution in [-0.4, -0.2) is 63.0 Å². The number of aromatic nitrogens is 4. The first-order valence-electron chi connectivity index (χ1n) is 16.0. The molecule has 7 rings (SSSR count). The predicted molar refractivity (Wildman–Crippen MR) is 193 cm³/mol. The van der Waals surface area contributed by atoms with Crippen molar-refractivity contribution in [2.45, 2.75) is 30.4 Å². The van der Waals surface area contributed by atoms with Gasteiger partial charge in [0.05, 0.1) is 35.1 Å². The maximum Gasteiger partial charge on any atom is 0.324 e. The van der Waals surface area contributed by atoms with E-state index >= 15 is 0 Å². The number of pyridine rings is 2. The summed E-state index contributed by atoms with van der Waals surface area (Å²) in [6.45, 7) is 0.273. The molecule has 0 bridgehead atoms. The van der Waals surface area contributed by atoms with E-state index in [2.05, 4.69) is 21.8 Å². The van der Waals surface area contributed by atoms with Gasteiger partial charge in [-0.05, 0) is 91.3 Å². The summed E-state index contributed by atoms with van der Waals surface area (Å²) in [4.78, 5) is 24.9. The lowest BCUT2D eigenvalue weighted by molar-refractivity contribution is -0.148. The third-order valence-corrected chi connectivity index (χ3v) is 10.8. The zero-order valence-electron chi connectivity index (χ0n) is 27.3. The van der Waals surface area contributed by atoms with Crippen LogP contribution in [0.1, 0.15) is 29.5 Å². The summed E-state index contributed by atoms with van der Waals surface area (Å²) >= 11 is 5.40. The first-order valence-corrected chi connectivity index (χ1v) is 17.8. The Labute approximate surface area is 299 Å². The van der Waals surface area contributed by atoms with Gasteiger partial charge in [0.1, 0.15) is 18.4 Å². The third-order valence-electron chi connectivity index (χ3n) is 8.59. The fourth-order valence-corrected chi connectivity index (χ4v) is 7.82. The minimum Gasteiger partial charge on any atom is -0.497 e. The molecule has 1 aliphatic rings. The van der Waals surface area contributed by atoms with Gasteiger partial charge >= 0.3 is 5.97 Å². The molecular weight excluding hydrogens is 687 g/mol. The molecule has 0 saturated carbocycles. The van der Waals surface area contributed by atoms with E-state index in [1.807, 2.05) is 30.3 Å². The minimum atomic E-state index is -3.94. The summed E-state index contributed by atoms with van der Waals surface area (Å²) in [6, 6.07) is 23.8. The predicted octanol–water partition coefficient (Wildman–Crippen LogP) is 6.16. The van der Waals surface area contributed by atoms with Crippen molar-refractivity contribution >= 4 is 39.1 Å². The average Bonchev–Trinajstić information content (AvgIpc) is 3.80. The van der Waals surface area contributed by atoms with Gasteiger partial charge in [-0.25, -0.2) is 13.4 Å². The van der Waals surface area contributed by atoms with Gasteiger partial charge in [-0.3, -0.25) is 14.3 Å². The van der Waals surface area contributed by atoms with Crippen molar-refractivity contribution in [3.05, 3.63) is 125 Å². The average molecular weight is 718 g/mol. The number of nitrogens with one attached hydrogen (secondary N) is 1. The van der Waals surface area contributed by atoms with Crippen molar-refractivity contribution in [1.82, 2.24) is 23.8 Å². The largest absolute Gasteiger partial charge is 0.497 e. The van der Waals surface area contributed by atoms with E-state index in [9.17, 15) is 18.3 Å². The number of methoxy groups -OCH3 is 1. The summed E-state index contributed by atoms with van der Waals surface area (Å²) in [6.07, 6.45) is 5.72. The number of sulfonamides is 1. The zero-order chi connectivity index (χ0) is 35.5. The standard InChI is InChI=1S/C38H31N5O6S2/c1-48-29-14-8-27(9-15-29)24-49-37(45)34-3-2-20-42(34)51(46,47)30-16-10-26(11-17-30)5-4-25-6-12-28(13-7-25)33-21-35(43-36(44)23-40-38(43)50)31-22-39-19-18-32(31)41-33/h6-19,21-23,34,44H,2-3,20,24H2,1H3,(H,40,50)/t34-/m1/s1. The second kappa shape index (κ2) is 14.2. The Morgan fingerprint density at radius 1 is 1.02 bits per heavy atom. The second-order valence-electron chi connectivity index (χ2n) is 11.8. The number of aromatic hydroxyl groups is 1. The van der Waals surface area contributed by atoms with Gasteiger partial charge < -0.3 is 19.6 Å². The summed E-state index contributed by atoms with van der Waals surface area (Å²) in [5.41, 5.74) is 5.01. The van der Waals surface area contributed by atoms with Crippen LogP contribution in [0.4, 0.5) is 0 Å². The van der Waals surface area contributed by atoms with Crippen LogP contribution in [0.25, 0.3) is 27.8 Å². The van der Waals surface area contributed by atoms with Crippen LogP contribution >= 0.6 is 12.2 Å². The SMILES string of the molecule is COc1ccc(COC(=O)[C@H]2CCCN2S(=O)(=O)c2ccc(C#Cc3ccc(-c4cc(-n5c(O)c[nH]c5=S)c5cnccc5n4)cc3)cc2)cc1. The molecule has 51 heavy (non-hydrogen) atoms. The lowest BCUT2D eigenvalue weighted by Crippen LogP contribution is -2.41. The Kier molecular flexibility index (Phi) is 9.38. The van der Waals surface area contributed by atoms with Gasteiger partial charge in [0.2, 0.25) is 15.9 Å². The van der Waals surface area contributed by atoms with Crippen molar-refractivity contribution in [3.8, 4) is 40.4 Å². The van der Waals surface area contributed by atoms with E-state index in [4.69, 9.17) is 26.7 Å². The molecule has 0 unspecified atom stereocenters. The molecule has 1 fully saturated rings. The highest BCUT2D eigenvalue weighted by molar-refractivity contribution is 7.89. The fourth-order valence-electron chi connectivity index (χ4n) is 5.93. The number of carbonyl (C=O) groups is 1. The van der Waals surface area contributed by atoms with E-state index in [0.29, 0.717) is 45.8 Å². The van der Waals surface area contributed by atoms with E-state index in [-0.39, 0.29) is 23.9 Å². The monoisotopic (exact) mass is 717 g/mol. The summed E-state index contributed by atoms with van der Waals surface area (Å²) in [7, 11) is -2.37. The quantitative estimate of drug-likeness (QED) is 0.108. The van der Waals surface area contributed by atoms with E-state index in [1.54, 1.807) is 62.0 Å². The fraction of sp³-hybridized carbons (Fsp3) is 0.158. The normalized spacial score (nSPS) is 14.6. The lowest BCUT2D eigenvalue weighted by atomic mass is 10.1. The van der Waals surface area contributed by atoms with Gasteiger partial charge in [-0.2, -0.15) is 4.31 Å². The van der Waals surface area contributed by atoms with Crippen molar-refractivity contribution in [2.75, 3.05) is 13.7 Å². The van der Waals surface area contributed by atoms with Gasteiger partial charge in [0.15, 0.2) is 4.77 Å². The number of fused-ring (bicyclic) bond motifs is 1. The van der Waals surface area contributed by atoms with Crippen molar-refractivity contribution in [3.63, 3.8) is 0 Å². The second-order valence-corrected chi connectivity index (χ2v) is 14.1. The molecular formula is C38H31N5O6S2. The molecule has 0 aliphatic carbocycles. The van der Waals surface area contributed by atoms with Crippen molar-refractivity contribution in [1.29, 1.82) is 0 Å². The third kappa shape index (κ3) is 6.98. The van der Waals surface area contributed by atoms with Gasteiger partial charge in [0.25, 0.3) is 0 Å². The number of benzene rings is 3. The molecule has 6 aromatic rings. The van der Waals surface area contributed by atoms with Crippen LogP contribution in [0.2, 0.25) is 0 Å². The first-order chi connectivity index (χ1) is 24.7. The van der Waals surface area contributed by atoms with Crippen LogP contribution in [0, 0.1) is 16.6 Å². The minimum absolute atomic E-state index is 0.0276. The maximum atomic E-state index is 13.6. The van der Waals surface area contributed by atoms with Gasteiger partial charge in [-0.1, -0.05) is 36.1 Å². The first kappa shape index (κ1) is 33.7. The van der Waals surface area contributed by atoms with E-state index in [1.165, 1.54) is 27.2 Å². The Morgan fingerprint density at radius 3 is 2.39 bits per heavy atom. The number of nitrogens with zero attached hydrogens (tertiary/aromatic N) is 4. The van der Waals surface area contributed by atoms with E-state index in [0.717, 1.165) is 22.1 Å². The molecule has 3 aromatic carbocycles. The van der Waals surface area contributed by atoms with Crippen LogP contribution < -0.4 is 4.74 Å². The Morgan fingerprint density at radius 2 is 1.73 bits per heavy atom. The highest BCUT2D eigenvalue weighted by atomic mass is 32.2. The van der Waals surface area contributed by atoms with E-state index < -0.39 is 22.0 Å². The number of imidazole rings is 1. The molecule has 0 radical (unpaired) electrons. The van der Waals surface area contributed by atoms with Crippen LogP contribution in [0.3, 0.4) is 0 Å². The van der Waals surface area contributed by atoms with Crippen molar-refractivity contribution in [2.24, 2.45) is 0 Å². The van der Waals surface area contributed by atoms with Crippen LogP contribution in [-0.2, 0) is 26.2 Å².